The first-order valence-electron chi connectivity index (χ1n) is 10.9. The van der Waals surface area contributed by atoms with Crippen molar-refractivity contribution in [2.24, 2.45) is 0 Å². The van der Waals surface area contributed by atoms with Gasteiger partial charge < -0.3 is 28.2 Å². The average molecular weight is 513 g/mol. The molecule has 2 atom stereocenters. The van der Waals surface area contributed by atoms with E-state index in [1.54, 1.807) is 26.4 Å². The maximum atomic E-state index is 11.4. The number of methoxy groups -OCH3 is 3. The van der Waals surface area contributed by atoms with Crippen molar-refractivity contribution in [3.05, 3.63) is 23.3 Å². The van der Waals surface area contributed by atoms with E-state index in [4.69, 9.17) is 23.1 Å². The number of aliphatic carboxylic acids is 1. The van der Waals surface area contributed by atoms with Crippen molar-refractivity contribution >= 4 is 38.2 Å². The first kappa shape index (κ1) is 29.4. The molecule has 33 heavy (non-hydrogen) atoms. The molecule has 1 rings (SSSR count). The Bertz CT molecular complexity index is 844. The molecule has 7 nitrogen and oxygen atoms in total. The molecule has 2 unspecified atom stereocenters. The van der Waals surface area contributed by atoms with Crippen LogP contribution in [0.1, 0.15) is 18.1 Å². The molecule has 0 saturated heterocycles. The number of hydrogen-bond acceptors (Lipinski definition) is 6. The Morgan fingerprint density at radius 1 is 1.06 bits per heavy atom. The summed E-state index contributed by atoms with van der Waals surface area (Å²) in [6.07, 6.45) is 2.39. The number of ether oxygens (including phenoxy) is 3. The Labute approximate surface area is 203 Å². The third-order valence-electron chi connectivity index (χ3n) is 4.78. The number of benzene rings is 1. The summed E-state index contributed by atoms with van der Waals surface area (Å²) in [4.78, 5) is 11.4. The Morgan fingerprint density at radius 2 is 1.64 bits per heavy atom. The fourth-order valence-corrected chi connectivity index (χ4v) is 7.53. The standard InChI is InChI=1S/C23H40O7Si3/c1-23(30-33(9,10)11,18(15-31-5)29-32(6,7)8)20-16(12-13-19(24)25)14-17(26-2)21(27-3)22(20)28-4/h12-14,18H,15H2,1-11H3,(H,24,25). The van der Waals surface area contributed by atoms with Crippen LogP contribution < -0.4 is 14.2 Å². The Balaban J connectivity index is 4.14. The van der Waals surface area contributed by atoms with Gasteiger partial charge in [-0.25, -0.2) is 4.79 Å². The number of rotatable bonds is 13. The molecule has 0 aliphatic carbocycles. The molecule has 2 radical (unpaired) electrons. The molecule has 1 aromatic rings. The number of hydrogen-bond donors (Lipinski definition) is 1. The molecule has 0 spiro atoms. The highest BCUT2D eigenvalue weighted by Crippen LogP contribution is 2.50. The second-order valence-electron chi connectivity index (χ2n) is 9.88. The van der Waals surface area contributed by atoms with Gasteiger partial charge in [-0.3, -0.25) is 0 Å². The molecule has 0 aliphatic rings. The summed E-state index contributed by atoms with van der Waals surface area (Å²) in [7, 11) is 1.20. The monoisotopic (exact) mass is 512 g/mol. The molecular formula is C23H40O7Si3. The number of carboxylic acid groups (broad SMARTS) is 1. The van der Waals surface area contributed by atoms with Crippen LogP contribution in [0.3, 0.4) is 0 Å². The third kappa shape index (κ3) is 7.99. The molecule has 0 bridgehead atoms. The minimum Gasteiger partial charge on any atom is -0.493 e. The Morgan fingerprint density at radius 3 is 2.03 bits per heavy atom. The molecule has 1 N–H and O–H groups in total. The summed E-state index contributed by atoms with van der Waals surface area (Å²) in [6, 6.07) is 2.56. The van der Waals surface area contributed by atoms with Crippen LogP contribution in [-0.4, -0.2) is 64.7 Å². The minimum absolute atomic E-state index is 0.261. The highest BCUT2D eigenvalue weighted by molar-refractivity contribution is 6.70. The Kier molecular flexibility index (Phi) is 10.4. The van der Waals surface area contributed by atoms with Gasteiger partial charge in [0, 0.05) is 21.2 Å². The van der Waals surface area contributed by atoms with Gasteiger partial charge in [-0.05, 0) is 70.0 Å². The molecule has 0 aliphatic heterocycles. The lowest BCUT2D eigenvalue weighted by molar-refractivity contribution is -0.131. The van der Waals surface area contributed by atoms with Crippen molar-refractivity contribution in [2.75, 3.05) is 21.3 Å². The molecule has 0 fully saturated rings. The van der Waals surface area contributed by atoms with Crippen LogP contribution in [0.25, 0.3) is 6.08 Å². The van der Waals surface area contributed by atoms with Crippen LogP contribution >= 0.6 is 0 Å². The van der Waals surface area contributed by atoms with Gasteiger partial charge in [-0.2, -0.15) is 0 Å². The summed E-state index contributed by atoms with van der Waals surface area (Å²) in [6.45, 7) is 17.0. The maximum absolute atomic E-state index is 11.4. The second kappa shape index (κ2) is 11.7. The van der Waals surface area contributed by atoms with Crippen molar-refractivity contribution in [1.29, 1.82) is 0 Å². The minimum atomic E-state index is -2.12. The Hall–Kier alpha value is -1.60. The van der Waals surface area contributed by atoms with Gasteiger partial charge in [0.25, 0.3) is 0 Å². The van der Waals surface area contributed by atoms with Crippen molar-refractivity contribution in [1.82, 2.24) is 0 Å². The van der Waals surface area contributed by atoms with E-state index in [2.05, 4.69) is 45.8 Å². The highest BCUT2D eigenvalue weighted by atomic mass is 28.4. The molecular weight excluding hydrogens is 473 g/mol. The van der Waals surface area contributed by atoms with E-state index >= 15 is 0 Å². The van der Waals surface area contributed by atoms with E-state index in [9.17, 15) is 9.90 Å². The fraction of sp³-hybridized carbons (Fsp3) is 0.609. The summed E-state index contributed by atoms with van der Waals surface area (Å²) in [5.41, 5.74) is 0.400. The first-order valence-corrected chi connectivity index (χ1v) is 19.4. The van der Waals surface area contributed by atoms with Crippen molar-refractivity contribution < 1.29 is 33.0 Å². The molecule has 0 amide bonds. The van der Waals surface area contributed by atoms with Crippen LogP contribution in [0.4, 0.5) is 0 Å². The maximum Gasteiger partial charge on any atom is 0.328 e. The number of carboxylic acids is 1. The van der Waals surface area contributed by atoms with Crippen LogP contribution in [0.5, 0.6) is 17.2 Å². The topological polar surface area (TPSA) is 83.5 Å². The molecule has 0 heterocycles. The third-order valence-corrected chi connectivity index (χ3v) is 7.59. The van der Waals surface area contributed by atoms with Crippen LogP contribution in [0.2, 0.25) is 51.9 Å². The predicted octanol–water partition coefficient (Wildman–Crippen LogP) is 5.27. The summed E-state index contributed by atoms with van der Waals surface area (Å²) in [5.74, 6) is 0.274. The normalized spacial score (nSPS) is 15.2. The fourth-order valence-electron chi connectivity index (χ4n) is 3.85. The van der Waals surface area contributed by atoms with Gasteiger partial charge in [0.15, 0.2) is 28.1 Å². The largest absolute Gasteiger partial charge is 0.493 e. The van der Waals surface area contributed by atoms with Gasteiger partial charge in [-0.1, -0.05) is 6.55 Å². The van der Waals surface area contributed by atoms with Gasteiger partial charge in [0.05, 0.1) is 27.4 Å². The molecule has 186 valence electrons. The van der Waals surface area contributed by atoms with Crippen molar-refractivity contribution in [2.45, 2.75) is 70.5 Å². The van der Waals surface area contributed by atoms with Crippen LogP contribution in [-0.2, 0) is 19.2 Å². The van der Waals surface area contributed by atoms with E-state index in [1.165, 1.54) is 7.11 Å². The van der Waals surface area contributed by atoms with Gasteiger partial charge in [0.2, 0.25) is 5.75 Å². The van der Waals surface area contributed by atoms with Gasteiger partial charge in [-0.15, -0.1) is 0 Å². The van der Waals surface area contributed by atoms with E-state index < -0.39 is 28.2 Å². The van der Waals surface area contributed by atoms with Crippen LogP contribution in [0, 0.1) is 0 Å². The smallest absolute Gasteiger partial charge is 0.328 e. The summed E-state index contributed by atoms with van der Waals surface area (Å²) in [5, 5.41) is 9.34. The lowest BCUT2D eigenvalue weighted by Gasteiger charge is -2.46. The molecule has 1 aromatic carbocycles. The lowest BCUT2D eigenvalue weighted by atomic mass is 9.85. The zero-order valence-electron chi connectivity index (χ0n) is 21.9. The average Bonchev–Trinajstić information content (AvgIpc) is 2.67. The van der Waals surface area contributed by atoms with E-state index in [-0.39, 0.29) is 6.10 Å². The molecule has 0 saturated carbocycles. The van der Waals surface area contributed by atoms with Gasteiger partial charge >= 0.3 is 5.97 Å². The second-order valence-corrected chi connectivity index (χ2v) is 19.9. The zero-order chi connectivity index (χ0) is 25.6. The zero-order valence-corrected chi connectivity index (χ0v) is 24.9. The van der Waals surface area contributed by atoms with E-state index in [0.29, 0.717) is 37.9 Å². The van der Waals surface area contributed by atoms with Gasteiger partial charge in [0.1, 0.15) is 5.60 Å². The van der Waals surface area contributed by atoms with Crippen molar-refractivity contribution in [3.63, 3.8) is 0 Å². The molecule has 10 heteroatoms. The van der Waals surface area contributed by atoms with Crippen LogP contribution in [0.15, 0.2) is 12.1 Å². The lowest BCUT2D eigenvalue weighted by Crippen LogP contribution is -2.51. The van der Waals surface area contributed by atoms with E-state index in [1.807, 2.05) is 6.92 Å². The quantitative estimate of drug-likeness (QED) is 0.285. The van der Waals surface area contributed by atoms with Crippen molar-refractivity contribution in [3.8, 4) is 17.2 Å². The number of carbonyl (C=O) groups is 1. The summed E-state index contributed by atoms with van der Waals surface area (Å²) < 4.78 is 30.8. The summed E-state index contributed by atoms with van der Waals surface area (Å²) >= 11 is 0. The molecule has 0 aromatic heterocycles. The highest BCUT2D eigenvalue weighted by Gasteiger charge is 2.46. The predicted molar refractivity (Wildman–Crippen MR) is 139 cm³/mol. The van der Waals surface area contributed by atoms with E-state index in [0.717, 1.165) is 12.1 Å². The SMILES string of the molecule is COc1cc(C=CC(=O)O)c(C(C)(O[Si](C)(C)C)C(C[Si]C)O[Si](C)(C)C)c(OC)c1OC. The first-order chi connectivity index (χ1) is 15.1.